The summed E-state index contributed by atoms with van der Waals surface area (Å²) in [5.41, 5.74) is 2.47. The van der Waals surface area contributed by atoms with Crippen LogP contribution in [-0.4, -0.2) is 26.9 Å². The minimum absolute atomic E-state index is 0.0988. The standard InChI is InChI=1S/C29H26N2O4S/c32-29(30-20-19-22-9-3-1-4-10-22)28-21-23-11-7-8-14-27(23)31(28)36(33,34)26-17-15-25(16-18-26)35-24-12-5-2-6-13-24/h1-18,28H,19-21H2,(H,30,32)/t28-/m0/s1. The van der Waals surface area contributed by atoms with E-state index in [9.17, 15) is 13.2 Å². The molecule has 0 saturated heterocycles. The smallest absolute Gasteiger partial charge is 0.265 e. The maximum absolute atomic E-state index is 13.8. The van der Waals surface area contributed by atoms with Gasteiger partial charge in [-0.25, -0.2) is 8.42 Å². The van der Waals surface area contributed by atoms with Gasteiger partial charge in [0.05, 0.1) is 10.6 Å². The fraction of sp³-hybridized carbons (Fsp3) is 0.138. The second kappa shape index (κ2) is 10.3. The molecule has 0 spiro atoms. The molecule has 7 heteroatoms. The summed E-state index contributed by atoms with van der Waals surface area (Å²) < 4.78 is 34.6. The molecule has 0 radical (unpaired) electrons. The molecule has 0 bridgehead atoms. The summed E-state index contributed by atoms with van der Waals surface area (Å²) in [7, 11) is -4.00. The fourth-order valence-corrected chi connectivity index (χ4v) is 6.01. The van der Waals surface area contributed by atoms with Crippen molar-refractivity contribution in [1.29, 1.82) is 0 Å². The molecular weight excluding hydrogens is 472 g/mol. The van der Waals surface area contributed by atoms with Crippen LogP contribution in [0.3, 0.4) is 0 Å². The Hall–Kier alpha value is -4.10. The maximum Gasteiger partial charge on any atom is 0.265 e. The Morgan fingerprint density at radius 1 is 0.806 bits per heavy atom. The molecule has 1 N–H and O–H groups in total. The van der Waals surface area contributed by atoms with Crippen LogP contribution in [0.4, 0.5) is 5.69 Å². The van der Waals surface area contributed by atoms with E-state index in [2.05, 4.69) is 5.32 Å². The molecule has 0 fully saturated rings. The summed E-state index contributed by atoms with van der Waals surface area (Å²) in [5, 5.41) is 2.93. The molecule has 1 aliphatic rings. The monoisotopic (exact) mass is 498 g/mol. The van der Waals surface area contributed by atoms with Gasteiger partial charge in [0.15, 0.2) is 0 Å². The van der Waals surface area contributed by atoms with Crippen LogP contribution in [0.2, 0.25) is 0 Å². The van der Waals surface area contributed by atoms with Crippen molar-refractivity contribution in [1.82, 2.24) is 5.32 Å². The summed E-state index contributed by atoms with van der Waals surface area (Å²) in [6.45, 7) is 0.426. The highest BCUT2D eigenvalue weighted by Crippen LogP contribution is 2.37. The summed E-state index contributed by atoms with van der Waals surface area (Å²) >= 11 is 0. The zero-order chi connectivity index (χ0) is 25.0. The predicted octanol–water partition coefficient (Wildman–Crippen LogP) is 4.96. The van der Waals surface area contributed by atoms with Gasteiger partial charge < -0.3 is 10.1 Å². The van der Waals surface area contributed by atoms with Crippen molar-refractivity contribution in [2.24, 2.45) is 0 Å². The van der Waals surface area contributed by atoms with Gasteiger partial charge in [-0.2, -0.15) is 0 Å². The van der Waals surface area contributed by atoms with E-state index >= 15 is 0 Å². The number of fused-ring (bicyclic) bond motifs is 1. The lowest BCUT2D eigenvalue weighted by Crippen LogP contribution is -2.48. The van der Waals surface area contributed by atoms with Gasteiger partial charge in [0.25, 0.3) is 10.0 Å². The van der Waals surface area contributed by atoms with Gasteiger partial charge in [0, 0.05) is 13.0 Å². The van der Waals surface area contributed by atoms with E-state index < -0.39 is 16.1 Å². The first-order valence-electron chi connectivity index (χ1n) is 11.8. The zero-order valence-corrected chi connectivity index (χ0v) is 20.4. The van der Waals surface area contributed by atoms with Crippen LogP contribution in [0.15, 0.2) is 114 Å². The van der Waals surface area contributed by atoms with Gasteiger partial charge in [0.1, 0.15) is 17.5 Å². The van der Waals surface area contributed by atoms with Crippen LogP contribution in [-0.2, 0) is 27.7 Å². The summed E-state index contributed by atoms with van der Waals surface area (Å²) in [5.74, 6) is 0.876. The molecule has 6 nitrogen and oxygen atoms in total. The number of ether oxygens (including phenoxy) is 1. The number of amides is 1. The van der Waals surface area contributed by atoms with E-state index in [4.69, 9.17) is 4.74 Å². The van der Waals surface area contributed by atoms with Crippen LogP contribution in [0, 0.1) is 0 Å². The number of sulfonamides is 1. The second-order valence-electron chi connectivity index (χ2n) is 8.56. The van der Waals surface area contributed by atoms with Crippen LogP contribution in [0.1, 0.15) is 11.1 Å². The van der Waals surface area contributed by atoms with Gasteiger partial charge >= 0.3 is 0 Å². The van der Waals surface area contributed by atoms with Crippen LogP contribution in [0.5, 0.6) is 11.5 Å². The minimum Gasteiger partial charge on any atom is -0.457 e. The Morgan fingerprint density at radius 2 is 1.42 bits per heavy atom. The summed E-state index contributed by atoms with van der Waals surface area (Å²) in [6, 6.07) is 31.8. The van der Waals surface area contributed by atoms with Gasteiger partial charge in [-0.05, 0) is 60.0 Å². The quantitative estimate of drug-likeness (QED) is 0.373. The van der Waals surface area contributed by atoms with Crippen molar-refractivity contribution in [3.05, 3.63) is 120 Å². The van der Waals surface area contributed by atoms with Crippen molar-refractivity contribution in [2.45, 2.75) is 23.8 Å². The molecule has 0 aliphatic carbocycles. The topological polar surface area (TPSA) is 75.7 Å². The van der Waals surface area contributed by atoms with E-state index in [1.807, 2.05) is 72.8 Å². The molecule has 0 unspecified atom stereocenters. The third-order valence-electron chi connectivity index (χ3n) is 6.14. The number of hydrogen-bond acceptors (Lipinski definition) is 4. The average molecular weight is 499 g/mol. The normalized spacial score (nSPS) is 14.8. The molecule has 4 aromatic rings. The number of nitrogens with one attached hydrogen (secondary N) is 1. The maximum atomic E-state index is 13.8. The molecule has 1 amide bonds. The first kappa shape index (κ1) is 23.6. The van der Waals surface area contributed by atoms with Crippen LogP contribution in [0.25, 0.3) is 0 Å². The molecular formula is C29H26N2O4S. The van der Waals surface area contributed by atoms with E-state index in [-0.39, 0.29) is 10.8 Å². The number of nitrogens with zero attached hydrogens (tertiary/aromatic N) is 1. The van der Waals surface area contributed by atoms with E-state index in [0.29, 0.717) is 36.6 Å². The number of carbonyl (C=O) groups is 1. The van der Waals surface area contributed by atoms with E-state index in [0.717, 1.165) is 11.1 Å². The summed E-state index contributed by atoms with van der Waals surface area (Å²) in [6.07, 6.45) is 0.990. The second-order valence-corrected chi connectivity index (χ2v) is 10.4. The van der Waals surface area contributed by atoms with Crippen molar-refractivity contribution in [2.75, 3.05) is 10.8 Å². The largest absolute Gasteiger partial charge is 0.457 e. The molecule has 0 aromatic heterocycles. The lowest BCUT2D eigenvalue weighted by molar-refractivity contribution is -0.122. The Balaban J connectivity index is 1.36. The number of para-hydroxylation sites is 2. The van der Waals surface area contributed by atoms with Gasteiger partial charge in [-0.3, -0.25) is 9.10 Å². The van der Waals surface area contributed by atoms with Gasteiger partial charge in [-0.15, -0.1) is 0 Å². The Kier molecular flexibility index (Phi) is 6.73. The number of anilines is 1. The number of carbonyl (C=O) groups excluding carboxylic acids is 1. The first-order chi connectivity index (χ1) is 17.5. The number of hydrogen-bond donors (Lipinski definition) is 1. The molecule has 182 valence electrons. The Bertz CT molecular complexity index is 1440. The molecule has 1 atom stereocenters. The van der Waals surface area contributed by atoms with Crippen molar-refractivity contribution < 1.29 is 17.9 Å². The van der Waals surface area contributed by atoms with E-state index in [1.54, 1.807) is 24.3 Å². The third-order valence-corrected chi connectivity index (χ3v) is 7.98. The number of rotatable bonds is 8. The lowest BCUT2D eigenvalue weighted by atomic mass is 10.1. The number of benzene rings is 4. The Labute approximate surface area is 211 Å². The fourth-order valence-electron chi connectivity index (χ4n) is 4.36. The highest BCUT2D eigenvalue weighted by atomic mass is 32.2. The molecule has 4 aromatic carbocycles. The van der Waals surface area contributed by atoms with Crippen LogP contribution >= 0.6 is 0 Å². The van der Waals surface area contributed by atoms with Gasteiger partial charge in [-0.1, -0.05) is 66.7 Å². The average Bonchev–Trinajstić information content (AvgIpc) is 3.31. The Morgan fingerprint density at radius 3 is 2.14 bits per heavy atom. The molecule has 1 heterocycles. The van der Waals surface area contributed by atoms with Crippen molar-refractivity contribution >= 4 is 21.6 Å². The highest BCUT2D eigenvalue weighted by molar-refractivity contribution is 7.93. The van der Waals surface area contributed by atoms with Crippen molar-refractivity contribution in [3.8, 4) is 11.5 Å². The summed E-state index contributed by atoms with van der Waals surface area (Å²) in [4.78, 5) is 13.3. The van der Waals surface area contributed by atoms with E-state index in [1.165, 1.54) is 16.4 Å². The van der Waals surface area contributed by atoms with Crippen LogP contribution < -0.4 is 14.4 Å². The minimum atomic E-state index is -4.00. The van der Waals surface area contributed by atoms with Gasteiger partial charge in [0.2, 0.25) is 5.91 Å². The van der Waals surface area contributed by atoms with Crippen molar-refractivity contribution in [3.63, 3.8) is 0 Å². The molecule has 0 saturated carbocycles. The zero-order valence-electron chi connectivity index (χ0n) is 19.6. The molecule has 1 aliphatic heterocycles. The third kappa shape index (κ3) is 4.97. The molecule has 36 heavy (non-hydrogen) atoms. The molecule has 5 rings (SSSR count). The predicted molar refractivity (Wildman–Crippen MR) is 140 cm³/mol. The lowest BCUT2D eigenvalue weighted by Gasteiger charge is -2.26. The highest BCUT2D eigenvalue weighted by Gasteiger charge is 2.42. The first-order valence-corrected chi connectivity index (χ1v) is 13.2. The SMILES string of the molecule is O=C(NCCc1ccccc1)[C@@H]1Cc2ccccc2N1S(=O)(=O)c1ccc(Oc2ccccc2)cc1.